The highest BCUT2D eigenvalue weighted by atomic mass is 16.5. The molecule has 2 aromatic rings. The number of nitriles is 1. The maximum absolute atomic E-state index is 12.4. The first-order valence-electron chi connectivity index (χ1n) is 10.9. The number of carbonyl (C=O) groups excluding carboxylic acids is 1. The summed E-state index contributed by atoms with van der Waals surface area (Å²) in [6.07, 6.45) is 7.00. The molecule has 1 fully saturated rings. The van der Waals surface area contributed by atoms with Crippen molar-refractivity contribution in [2.24, 2.45) is 11.7 Å². The molecule has 0 atom stereocenters. The van der Waals surface area contributed by atoms with Crippen LogP contribution in [0.5, 0.6) is 11.6 Å². The van der Waals surface area contributed by atoms with Gasteiger partial charge >= 0.3 is 0 Å². The van der Waals surface area contributed by atoms with E-state index in [1.54, 1.807) is 25.4 Å². The quantitative estimate of drug-likeness (QED) is 0.731. The number of nitrogens with zero attached hydrogens (tertiary/aromatic N) is 3. The van der Waals surface area contributed by atoms with Crippen molar-refractivity contribution in [3.05, 3.63) is 52.4 Å². The van der Waals surface area contributed by atoms with Crippen molar-refractivity contribution in [3.8, 4) is 17.7 Å². The molecule has 2 N–H and O–H groups in total. The van der Waals surface area contributed by atoms with Crippen molar-refractivity contribution in [2.75, 3.05) is 18.6 Å². The van der Waals surface area contributed by atoms with E-state index in [-0.39, 0.29) is 0 Å². The van der Waals surface area contributed by atoms with Crippen LogP contribution in [0.1, 0.15) is 49.3 Å². The Kier molecular flexibility index (Phi) is 6.04. The van der Waals surface area contributed by atoms with Crippen LogP contribution in [0.25, 0.3) is 0 Å². The lowest BCUT2D eigenvalue weighted by Gasteiger charge is -2.36. The van der Waals surface area contributed by atoms with Gasteiger partial charge in [-0.15, -0.1) is 0 Å². The topological polar surface area (TPSA) is 101 Å². The largest absolute Gasteiger partial charge is 0.495 e. The monoisotopic (exact) mass is 432 g/mol. The first-order valence-corrected chi connectivity index (χ1v) is 10.9. The lowest BCUT2D eigenvalue weighted by molar-refractivity contribution is -0.114. The number of allylic oxidation sites excluding steroid dienone is 1. The SMILES string of the molecule is COc1cc(C#N)ccc1N1C(C)=C(C(N)=O)Cc2c(OCC3CCCC3)ncc(C)c21. The summed E-state index contributed by atoms with van der Waals surface area (Å²) in [5, 5.41) is 9.30. The molecule has 0 radical (unpaired) electrons. The van der Waals surface area contributed by atoms with Crippen LogP contribution in [-0.2, 0) is 11.2 Å². The third-order valence-electron chi connectivity index (χ3n) is 6.42. The van der Waals surface area contributed by atoms with Gasteiger partial charge in [0.15, 0.2) is 0 Å². The number of benzene rings is 1. The molecule has 0 spiro atoms. The number of hydrogen-bond acceptors (Lipinski definition) is 6. The minimum Gasteiger partial charge on any atom is -0.495 e. The molecule has 2 aliphatic rings. The highest BCUT2D eigenvalue weighted by molar-refractivity contribution is 5.97. The van der Waals surface area contributed by atoms with Gasteiger partial charge in [-0.2, -0.15) is 5.26 Å². The Hall–Kier alpha value is -3.53. The second-order valence-corrected chi connectivity index (χ2v) is 8.47. The van der Waals surface area contributed by atoms with E-state index in [2.05, 4.69) is 11.1 Å². The van der Waals surface area contributed by atoms with Crippen LogP contribution in [0.3, 0.4) is 0 Å². The highest BCUT2D eigenvalue weighted by Crippen LogP contribution is 2.46. The molecular weight excluding hydrogens is 404 g/mol. The molecule has 1 aliphatic carbocycles. The summed E-state index contributed by atoms with van der Waals surface area (Å²) in [5.41, 5.74) is 10.9. The maximum atomic E-state index is 12.4. The molecule has 7 nitrogen and oxygen atoms in total. The average Bonchev–Trinajstić information content (AvgIpc) is 3.31. The zero-order valence-corrected chi connectivity index (χ0v) is 18.8. The Labute approximate surface area is 188 Å². The lowest BCUT2D eigenvalue weighted by atomic mass is 9.93. The molecule has 1 amide bonds. The maximum Gasteiger partial charge on any atom is 0.246 e. The molecular formula is C25H28N4O3. The number of carbonyl (C=O) groups is 1. The van der Waals surface area contributed by atoms with Crippen molar-refractivity contribution in [1.29, 1.82) is 5.26 Å². The second-order valence-electron chi connectivity index (χ2n) is 8.47. The smallest absolute Gasteiger partial charge is 0.246 e. The molecule has 2 heterocycles. The number of methoxy groups -OCH3 is 1. The molecule has 4 rings (SSSR count). The number of ether oxygens (including phenoxy) is 2. The molecule has 0 bridgehead atoms. The van der Waals surface area contributed by atoms with Gasteiger partial charge in [-0.05, 0) is 50.3 Å². The summed E-state index contributed by atoms with van der Waals surface area (Å²) in [5.74, 6) is 1.14. The van der Waals surface area contributed by atoms with Gasteiger partial charge in [0.1, 0.15) is 5.75 Å². The van der Waals surface area contributed by atoms with Gasteiger partial charge in [0.2, 0.25) is 11.8 Å². The second kappa shape index (κ2) is 8.91. The van der Waals surface area contributed by atoms with Gasteiger partial charge in [0, 0.05) is 35.5 Å². The number of amides is 1. The van der Waals surface area contributed by atoms with Gasteiger partial charge in [0.05, 0.1) is 36.7 Å². The average molecular weight is 433 g/mol. The Morgan fingerprint density at radius 1 is 1.31 bits per heavy atom. The van der Waals surface area contributed by atoms with Crippen LogP contribution in [-0.4, -0.2) is 24.6 Å². The fourth-order valence-electron chi connectivity index (χ4n) is 4.71. The minimum absolute atomic E-state index is 0.361. The molecule has 1 aliphatic heterocycles. The highest BCUT2D eigenvalue weighted by Gasteiger charge is 2.32. The normalized spacial score (nSPS) is 16.0. The van der Waals surface area contributed by atoms with Crippen molar-refractivity contribution >= 4 is 17.3 Å². The number of rotatable bonds is 6. The van der Waals surface area contributed by atoms with Crippen molar-refractivity contribution < 1.29 is 14.3 Å². The van der Waals surface area contributed by atoms with Crippen molar-refractivity contribution in [1.82, 2.24) is 4.98 Å². The van der Waals surface area contributed by atoms with Gasteiger partial charge in [-0.25, -0.2) is 4.98 Å². The van der Waals surface area contributed by atoms with E-state index in [0.717, 1.165) is 28.2 Å². The van der Waals surface area contributed by atoms with E-state index in [4.69, 9.17) is 15.2 Å². The van der Waals surface area contributed by atoms with Crippen LogP contribution < -0.4 is 20.1 Å². The number of pyridine rings is 1. The molecule has 1 aromatic heterocycles. The Morgan fingerprint density at radius 3 is 2.72 bits per heavy atom. The fraction of sp³-hybridized carbons (Fsp3) is 0.400. The number of aromatic nitrogens is 1. The van der Waals surface area contributed by atoms with Crippen LogP contribution >= 0.6 is 0 Å². The van der Waals surface area contributed by atoms with Crippen LogP contribution in [0.15, 0.2) is 35.7 Å². The van der Waals surface area contributed by atoms with E-state index in [0.29, 0.717) is 41.7 Å². The number of hydrogen-bond donors (Lipinski definition) is 1. The third-order valence-corrected chi connectivity index (χ3v) is 6.42. The molecule has 32 heavy (non-hydrogen) atoms. The number of nitrogens with two attached hydrogens (primary N) is 1. The van der Waals surface area contributed by atoms with E-state index in [9.17, 15) is 10.1 Å². The van der Waals surface area contributed by atoms with Crippen LogP contribution in [0.4, 0.5) is 11.4 Å². The number of primary amides is 1. The predicted octanol–water partition coefficient (Wildman–Crippen LogP) is 4.29. The van der Waals surface area contributed by atoms with Crippen LogP contribution in [0.2, 0.25) is 0 Å². The minimum atomic E-state index is -0.478. The Morgan fingerprint density at radius 2 is 2.06 bits per heavy atom. The van der Waals surface area contributed by atoms with Crippen molar-refractivity contribution in [3.63, 3.8) is 0 Å². The van der Waals surface area contributed by atoms with E-state index in [1.807, 2.05) is 24.8 Å². The Balaban J connectivity index is 1.85. The summed E-state index contributed by atoms with van der Waals surface area (Å²) in [6, 6.07) is 7.39. The molecule has 1 aromatic carbocycles. The van der Waals surface area contributed by atoms with E-state index >= 15 is 0 Å². The molecule has 0 unspecified atom stereocenters. The third kappa shape index (κ3) is 3.89. The van der Waals surface area contributed by atoms with Crippen molar-refractivity contribution in [2.45, 2.75) is 46.0 Å². The molecule has 7 heteroatoms. The molecule has 0 saturated heterocycles. The fourth-order valence-corrected chi connectivity index (χ4v) is 4.71. The predicted molar refractivity (Wildman–Crippen MR) is 122 cm³/mol. The first kappa shape index (κ1) is 21.7. The zero-order valence-electron chi connectivity index (χ0n) is 18.8. The van der Waals surface area contributed by atoms with E-state index in [1.165, 1.54) is 25.7 Å². The van der Waals surface area contributed by atoms with Crippen LogP contribution in [0, 0.1) is 24.2 Å². The number of aryl methyl sites for hydroxylation is 1. The van der Waals surface area contributed by atoms with Gasteiger partial charge in [-0.1, -0.05) is 12.8 Å². The summed E-state index contributed by atoms with van der Waals surface area (Å²) >= 11 is 0. The van der Waals surface area contributed by atoms with Gasteiger partial charge in [0.25, 0.3) is 0 Å². The molecule has 166 valence electrons. The lowest BCUT2D eigenvalue weighted by Crippen LogP contribution is -2.30. The number of anilines is 2. The van der Waals surface area contributed by atoms with Gasteiger partial charge < -0.3 is 20.1 Å². The summed E-state index contributed by atoms with van der Waals surface area (Å²) in [4.78, 5) is 18.9. The first-order chi connectivity index (χ1) is 15.4. The number of fused-ring (bicyclic) bond motifs is 1. The Bertz CT molecular complexity index is 1130. The summed E-state index contributed by atoms with van der Waals surface area (Å²) in [7, 11) is 1.56. The standard InChI is InChI=1S/C25H28N4O3/c1-15-13-28-25(32-14-17-6-4-5-7-17)20-11-19(24(27)30)16(2)29(23(15)20)21-9-8-18(12-26)10-22(21)31-3/h8-10,13,17H,4-7,11,14H2,1-3H3,(H2,27,30). The van der Waals surface area contributed by atoms with Gasteiger partial charge in [-0.3, -0.25) is 4.79 Å². The molecule has 1 saturated carbocycles. The summed E-state index contributed by atoms with van der Waals surface area (Å²) < 4.78 is 11.8. The summed E-state index contributed by atoms with van der Waals surface area (Å²) in [6.45, 7) is 4.48. The van der Waals surface area contributed by atoms with E-state index < -0.39 is 5.91 Å². The zero-order chi connectivity index (χ0) is 22.8.